The average molecular weight is 449 g/mol. The molecule has 2 aromatic heterocycles. The second-order valence-corrected chi connectivity index (χ2v) is 7.42. The summed E-state index contributed by atoms with van der Waals surface area (Å²) >= 11 is 0. The first-order valence-electron chi connectivity index (χ1n) is 10.0. The lowest BCUT2D eigenvalue weighted by molar-refractivity contribution is -0.118. The zero-order valence-corrected chi connectivity index (χ0v) is 18.7. The largest absolute Gasteiger partial charge is 0.497 e. The van der Waals surface area contributed by atoms with Gasteiger partial charge >= 0.3 is 0 Å². The molecule has 0 bridgehead atoms. The number of nitrogens with two attached hydrogens (primary N) is 1. The molecule has 0 aliphatic rings. The van der Waals surface area contributed by atoms with Gasteiger partial charge in [-0.25, -0.2) is 0 Å². The standard InChI is InChI=1S/C24H23N3O6/c1-13-7-14(8-19(31-3)23(13)32-4)22(29)21-17-6-5-16(30-2)9-18(17)33-24(21)15-10-26-27(11-15)12-20(25)28/h5-11H,12H2,1-4H3,(H2,25,28). The lowest BCUT2D eigenvalue weighted by Gasteiger charge is -2.12. The smallest absolute Gasteiger partial charge is 0.239 e. The van der Waals surface area contributed by atoms with Gasteiger partial charge in [0.1, 0.15) is 23.6 Å². The van der Waals surface area contributed by atoms with Gasteiger partial charge in [-0.2, -0.15) is 5.10 Å². The Balaban J connectivity index is 1.91. The summed E-state index contributed by atoms with van der Waals surface area (Å²) in [7, 11) is 4.62. The Hall–Kier alpha value is -4.27. The van der Waals surface area contributed by atoms with Crippen LogP contribution in [0.1, 0.15) is 21.5 Å². The van der Waals surface area contributed by atoms with Crippen molar-refractivity contribution >= 4 is 22.7 Å². The van der Waals surface area contributed by atoms with Crippen LogP contribution in [0.4, 0.5) is 0 Å². The third-order valence-corrected chi connectivity index (χ3v) is 5.26. The van der Waals surface area contributed by atoms with Crippen LogP contribution in [-0.4, -0.2) is 42.8 Å². The molecule has 1 amide bonds. The van der Waals surface area contributed by atoms with Crippen LogP contribution in [0.25, 0.3) is 22.3 Å². The van der Waals surface area contributed by atoms with E-state index in [1.54, 1.807) is 50.7 Å². The maximum atomic E-state index is 13.8. The Kier molecular flexibility index (Phi) is 5.78. The molecule has 0 spiro atoms. The predicted molar refractivity (Wildman–Crippen MR) is 121 cm³/mol. The first-order valence-corrected chi connectivity index (χ1v) is 10.0. The van der Waals surface area contributed by atoms with Crippen molar-refractivity contribution in [3.63, 3.8) is 0 Å². The van der Waals surface area contributed by atoms with Crippen LogP contribution in [0.2, 0.25) is 0 Å². The predicted octanol–water partition coefficient (Wildman–Crippen LogP) is 3.35. The number of hydrogen-bond donors (Lipinski definition) is 1. The van der Waals surface area contributed by atoms with Crippen LogP contribution < -0.4 is 19.9 Å². The fraction of sp³-hybridized carbons (Fsp3) is 0.208. The quantitative estimate of drug-likeness (QED) is 0.410. The monoisotopic (exact) mass is 449 g/mol. The maximum absolute atomic E-state index is 13.8. The van der Waals surface area contributed by atoms with Gasteiger partial charge in [-0.05, 0) is 36.8 Å². The molecule has 4 rings (SSSR count). The Morgan fingerprint density at radius 2 is 1.88 bits per heavy atom. The van der Waals surface area contributed by atoms with E-state index in [1.807, 2.05) is 6.92 Å². The van der Waals surface area contributed by atoms with E-state index in [2.05, 4.69) is 5.10 Å². The topological polar surface area (TPSA) is 119 Å². The van der Waals surface area contributed by atoms with Crippen LogP contribution in [-0.2, 0) is 11.3 Å². The number of aryl methyl sites for hydroxylation is 1. The number of carbonyl (C=O) groups excluding carboxylic acids is 2. The number of benzene rings is 2. The van der Waals surface area contributed by atoms with Crippen LogP contribution in [0, 0.1) is 6.92 Å². The fourth-order valence-corrected chi connectivity index (χ4v) is 3.79. The molecule has 33 heavy (non-hydrogen) atoms. The zero-order valence-electron chi connectivity index (χ0n) is 18.7. The molecule has 0 atom stereocenters. The molecule has 0 unspecified atom stereocenters. The number of fused-ring (bicyclic) bond motifs is 1. The van der Waals surface area contributed by atoms with Gasteiger partial charge in [-0.3, -0.25) is 14.3 Å². The van der Waals surface area contributed by atoms with E-state index in [4.69, 9.17) is 24.4 Å². The Morgan fingerprint density at radius 3 is 2.55 bits per heavy atom. The van der Waals surface area contributed by atoms with Crippen LogP contribution in [0.5, 0.6) is 17.2 Å². The first-order chi connectivity index (χ1) is 15.9. The van der Waals surface area contributed by atoms with Gasteiger partial charge in [-0.15, -0.1) is 0 Å². The van der Waals surface area contributed by atoms with Gasteiger partial charge in [0.25, 0.3) is 0 Å². The highest BCUT2D eigenvalue weighted by atomic mass is 16.5. The van der Waals surface area contributed by atoms with E-state index in [9.17, 15) is 9.59 Å². The van der Waals surface area contributed by atoms with Gasteiger partial charge in [-0.1, -0.05) is 0 Å². The highest BCUT2D eigenvalue weighted by molar-refractivity contribution is 6.20. The molecule has 0 saturated carbocycles. The van der Waals surface area contributed by atoms with E-state index in [1.165, 1.54) is 18.0 Å². The summed E-state index contributed by atoms with van der Waals surface area (Å²) in [6.45, 7) is 1.75. The van der Waals surface area contributed by atoms with Crippen molar-refractivity contribution in [2.24, 2.45) is 5.73 Å². The molecule has 0 radical (unpaired) electrons. The summed E-state index contributed by atoms with van der Waals surface area (Å²) < 4.78 is 23.6. The summed E-state index contributed by atoms with van der Waals surface area (Å²) in [4.78, 5) is 25.1. The van der Waals surface area contributed by atoms with Crippen molar-refractivity contribution in [2.75, 3.05) is 21.3 Å². The second-order valence-electron chi connectivity index (χ2n) is 7.42. The van der Waals surface area contributed by atoms with E-state index in [-0.39, 0.29) is 12.3 Å². The SMILES string of the molecule is COc1ccc2c(C(=O)c3cc(C)c(OC)c(OC)c3)c(-c3cnn(CC(N)=O)c3)oc2c1. The molecule has 170 valence electrons. The third-order valence-electron chi connectivity index (χ3n) is 5.26. The number of primary amides is 1. The van der Waals surface area contributed by atoms with Crippen molar-refractivity contribution in [3.05, 3.63) is 59.4 Å². The number of carbonyl (C=O) groups is 2. The molecule has 9 heteroatoms. The number of amides is 1. The van der Waals surface area contributed by atoms with Crippen molar-refractivity contribution in [3.8, 4) is 28.6 Å². The Morgan fingerprint density at radius 1 is 1.09 bits per heavy atom. The van der Waals surface area contributed by atoms with Gasteiger partial charge in [0, 0.05) is 23.2 Å². The van der Waals surface area contributed by atoms with Crippen molar-refractivity contribution < 1.29 is 28.2 Å². The molecule has 0 saturated heterocycles. The number of methoxy groups -OCH3 is 3. The molecule has 2 aromatic carbocycles. The molecular weight excluding hydrogens is 426 g/mol. The number of ether oxygens (including phenoxy) is 3. The van der Waals surface area contributed by atoms with E-state index < -0.39 is 5.91 Å². The van der Waals surface area contributed by atoms with Crippen LogP contribution >= 0.6 is 0 Å². The number of aromatic nitrogens is 2. The Labute approximate surface area is 189 Å². The van der Waals surface area contributed by atoms with Crippen molar-refractivity contribution in [1.29, 1.82) is 0 Å². The minimum Gasteiger partial charge on any atom is -0.497 e. The minimum atomic E-state index is -0.531. The van der Waals surface area contributed by atoms with Crippen LogP contribution in [0.3, 0.4) is 0 Å². The number of furan rings is 1. The summed E-state index contributed by atoms with van der Waals surface area (Å²) in [6, 6.07) is 8.62. The summed E-state index contributed by atoms with van der Waals surface area (Å²) in [5.41, 5.74) is 7.81. The molecular formula is C24H23N3O6. The molecule has 0 aliphatic heterocycles. The normalized spacial score (nSPS) is 10.9. The molecule has 2 N–H and O–H groups in total. The van der Waals surface area contributed by atoms with Crippen molar-refractivity contribution in [2.45, 2.75) is 13.5 Å². The summed E-state index contributed by atoms with van der Waals surface area (Å²) in [5.74, 6) is 1.13. The van der Waals surface area contributed by atoms with E-state index in [0.29, 0.717) is 50.7 Å². The van der Waals surface area contributed by atoms with Gasteiger partial charge < -0.3 is 24.4 Å². The number of ketones is 1. The molecule has 0 fully saturated rings. The van der Waals surface area contributed by atoms with Gasteiger partial charge in [0.05, 0.1) is 38.7 Å². The zero-order chi connectivity index (χ0) is 23.7. The van der Waals surface area contributed by atoms with Crippen LogP contribution in [0.15, 0.2) is 47.1 Å². The summed E-state index contributed by atoms with van der Waals surface area (Å²) in [6.07, 6.45) is 3.13. The second kappa shape index (κ2) is 8.70. The van der Waals surface area contributed by atoms with Gasteiger partial charge in [0.15, 0.2) is 17.3 Å². The fourth-order valence-electron chi connectivity index (χ4n) is 3.79. The third kappa shape index (κ3) is 4.00. The molecule has 9 nitrogen and oxygen atoms in total. The minimum absolute atomic E-state index is 0.0911. The van der Waals surface area contributed by atoms with E-state index in [0.717, 1.165) is 5.56 Å². The molecule has 0 aliphatic carbocycles. The average Bonchev–Trinajstić information content (AvgIpc) is 3.41. The highest BCUT2D eigenvalue weighted by Crippen LogP contribution is 2.38. The lowest BCUT2D eigenvalue weighted by atomic mass is 9.96. The first kappa shape index (κ1) is 21.9. The number of hydrogen-bond acceptors (Lipinski definition) is 7. The Bertz CT molecular complexity index is 1370. The van der Waals surface area contributed by atoms with E-state index >= 15 is 0 Å². The molecule has 4 aromatic rings. The van der Waals surface area contributed by atoms with Gasteiger partial charge in [0.2, 0.25) is 5.91 Å². The molecule has 2 heterocycles. The number of nitrogens with zero attached hydrogens (tertiary/aromatic N) is 2. The maximum Gasteiger partial charge on any atom is 0.239 e. The number of rotatable bonds is 8. The lowest BCUT2D eigenvalue weighted by Crippen LogP contribution is -2.18. The van der Waals surface area contributed by atoms with Crippen molar-refractivity contribution in [1.82, 2.24) is 9.78 Å². The highest BCUT2D eigenvalue weighted by Gasteiger charge is 2.26. The summed E-state index contributed by atoms with van der Waals surface area (Å²) in [5, 5.41) is 4.77.